The van der Waals surface area contributed by atoms with Crippen LogP contribution in [0.5, 0.6) is 11.5 Å². The maximum atomic E-state index is 12.4. The van der Waals surface area contributed by atoms with Crippen LogP contribution in [0.1, 0.15) is 26.4 Å². The van der Waals surface area contributed by atoms with Crippen LogP contribution in [-0.2, 0) is 6.42 Å². The zero-order valence-corrected chi connectivity index (χ0v) is 21.2. The fourth-order valence-corrected chi connectivity index (χ4v) is 3.44. The van der Waals surface area contributed by atoms with E-state index in [1.807, 2.05) is 0 Å². The Morgan fingerprint density at radius 1 is 1.19 bits per heavy atom. The molecule has 0 aliphatic carbocycles. The number of fused-ring (bicyclic) bond motifs is 1. The number of nitrogens with zero attached hydrogens (tertiary/aromatic N) is 2. The van der Waals surface area contributed by atoms with Crippen LogP contribution in [0.15, 0.2) is 36.5 Å². The predicted molar refractivity (Wildman–Crippen MR) is 95.8 cm³/mol. The van der Waals surface area contributed by atoms with E-state index in [-0.39, 0.29) is 102 Å². The molecule has 4 rings (SSSR count). The summed E-state index contributed by atoms with van der Waals surface area (Å²) < 4.78 is 11.2. The van der Waals surface area contributed by atoms with E-state index in [4.69, 9.17) is 9.39 Å². The Morgan fingerprint density at radius 2 is 1.90 bits per heavy atom. The summed E-state index contributed by atoms with van der Waals surface area (Å²) in [7, 11) is 0. The summed E-state index contributed by atoms with van der Waals surface area (Å²) in [6.45, 7) is -2.83. The summed E-state index contributed by atoms with van der Waals surface area (Å²) in [5.74, 6) is -2.26. The largest absolute Gasteiger partial charge is 1.00 e. The van der Waals surface area contributed by atoms with Gasteiger partial charge < -0.3 is 39.4 Å². The van der Waals surface area contributed by atoms with E-state index < -0.39 is 30.3 Å². The molecule has 0 saturated carbocycles. The summed E-state index contributed by atoms with van der Waals surface area (Å²) in [4.78, 5) is 25.4. The van der Waals surface area contributed by atoms with E-state index in [2.05, 4.69) is 0 Å². The molecule has 3 heterocycles. The van der Waals surface area contributed by atoms with Gasteiger partial charge in [0, 0.05) is 12.1 Å². The van der Waals surface area contributed by atoms with E-state index in [0.717, 1.165) is 0 Å². The molecule has 1 aromatic heterocycles. The van der Waals surface area contributed by atoms with Gasteiger partial charge in [-0.2, -0.15) is 4.73 Å². The molecule has 10 nitrogen and oxygen atoms in total. The quantitative estimate of drug-likeness (QED) is 0.268. The first-order chi connectivity index (χ1) is 13.7. The molecule has 2 aliphatic heterocycles. The van der Waals surface area contributed by atoms with Crippen molar-refractivity contribution < 1.29 is 98.0 Å². The van der Waals surface area contributed by atoms with Crippen LogP contribution in [0.25, 0.3) is 0 Å². The monoisotopic (exact) mass is 446 g/mol. The molecule has 0 spiro atoms. The van der Waals surface area contributed by atoms with Crippen molar-refractivity contribution in [2.45, 2.75) is 18.8 Å². The van der Waals surface area contributed by atoms with Gasteiger partial charge in [0.15, 0.2) is 6.20 Å². The topological polar surface area (TPSA) is 146 Å². The minimum atomic E-state index is -3.15. The molecular formula is C18H17BN2Na2O8. The third kappa shape index (κ3) is 5.37. The molecule has 0 atom stereocenters. The number of hydrogen-bond donors (Lipinski definition) is 2. The van der Waals surface area contributed by atoms with Gasteiger partial charge in [-0.15, -0.1) is 0 Å². The van der Waals surface area contributed by atoms with Crippen LogP contribution in [0.2, 0.25) is 6.32 Å². The second-order valence-electron chi connectivity index (χ2n) is 7.09. The minimum absolute atomic E-state index is 0. The summed E-state index contributed by atoms with van der Waals surface area (Å²) in [5.41, 5.74) is 0.0847. The van der Waals surface area contributed by atoms with Crippen molar-refractivity contribution in [3.63, 3.8) is 0 Å². The number of aryl methyl sites for hydroxylation is 1. The number of benzene rings is 1. The molecule has 0 unspecified atom stereocenters. The summed E-state index contributed by atoms with van der Waals surface area (Å²) >= 11 is 0. The molecule has 0 radical (unpaired) electrons. The fourth-order valence-electron chi connectivity index (χ4n) is 3.44. The van der Waals surface area contributed by atoms with Gasteiger partial charge in [0.05, 0.1) is 30.4 Å². The van der Waals surface area contributed by atoms with Crippen molar-refractivity contribution in [3.05, 3.63) is 58.6 Å². The average Bonchev–Trinajstić information content (AvgIpc) is 2.62. The zero-order chi connectivity index (χ0) is 20.8. The van der Waals surface area contributed by atoms with E-state index in [9.17, 15) is 30.0 Å². The van der Waals surface area contributed by atoms with Crippen LogP contribution in [0, 0.1) is 5.21 Å². The normalized spacial score (nSPS) is 16.5. The van der Waals surface area contributed by atoms with Gasteiger partial charge in [-0.3, -0.25) is 4.79 Å². The predicted octanol–water partition coefficient (Wildman–Crippen LogP) is -7.55. The molecule has 2 aromatic rings. The first kappa shape index (κ1) is 26.0. The number of likely N-dealkylation sites (tertiary alicyclic amines) is 1. The van der Waals surface area contributed by atoms with Crippen molar-refractivity contribution in [1.82, 2.24) is 4.90 Å². The SMILES string of the molecule is O=C([O-])c1c(OC2CN(C(=O)c3cccc[n+]3[O-])C2)ccc2c1O[B-](O)(O)CC2.[Na+].[Na+]. The van der Waals surface area contributed by atoms with Gasteiger partial charge in [-0.05, 0) is 24.1 Å². The molecule has 2 aliphatic rings. The number of carboxylic acids is 1. The van der Waals surface area contributed by atoms with Crippen molar-refractivity contribution in [2.75, 3.05) is 13.1 Å². The average molecular weight is 446 g/mol. The molecule has 31 heavy (non-hydrogen) atoms. The number of carbonyl (C=O) groups excluding carboxylic acids is 2. The Balaban J connectivity index is 0.00000171. The van der Waals surface area contributed by atoms with Crippen LogP contribution >= 0.6 is 0 Å². The number of ether oxygens (including phenoxy) is 1. The Labute approximate surface area is 221 Å². The van der Waals surface area contributed by atoms with E-state index in [1.54, 1.807) is 12.1 Å². The summed E-state index contributed by atoms with van der Waals surface area (Å²) in [6, 6.07) is 7.55. The number of amides is 1. The molecular weight excluding hydrogens is 429 g/mol. The van der Waals surface area contributed by atoms with Crippen LogP contribution in [0.3, 0.4) is 0 Å². The number of rotatable bonds is 4. The molecule has 1 saturated heterocycles. The summed E-state index contributed by atoms with van der Waals surface area (Å²) in [5, 5.41) is 42.9. The van der Waals surface area contributed by atoms with Gasteiger partial charge >= 0.3 is 71.8 Å². The van der Waals surface area contributed by atoms with E-state index in [1.165, 1.54) is 29.3 Å². The molecule has 1 amide bonds. The van der Waals surface area contributed by atoms with Crippen molar-refractivity contribution in [2.24, 2.45) is 0 Å². The second-order valence-corrected chi connectivity index (χ2v) is 7.09. The molecule has 13 heteroatoms. The smallest absolute Gasteiger partial charge is 0.669 e. The second kappa shape index (κ2) is 10.1. The number of pyridine rings is 1. The standard InChI is InChI=1S/C18H18BN2O8.2Na/c22-17(13-3-1-2-8-21(13)27)20-9-12(10-20)28-14-5-4-11-6-7-19(25,26)29-16(11)15(14)18(23)24;;/h1-5,8,12,25-26H,6-7,9-10H2,(H,23,24);;/q-1;2*+1/p-1. The first-order valence-corrected chi connectivity index (χ1v) is 9.06. The van der Waals surface area contributed by atoms with Gasteiger partial charge in [0.2, 0.25) is 0 Å². The van der Waals surface area contributed by atoms with Crippen LogP contribution in [-0.4, -0.2) is 52.8 Å². The van der Waals surface area contributed by atoms with E-state index in [0.29, 0.717) is 10.3 Å². The first-order valence-electron chi connectivity index (χ1n) is 9.06. The third-order valence-electron chi connectivity index (χ3n) is 4.97. The fraction of sp³-hybridized carbons (Fsp3) is 0.278. The van der Waals surface area contributed by atoms with Crippen molar-refractivity contribution in [3.8, 4) is 11.5 Å². The zero-order valence-electron chi connectivity index (χ0n) is 17.2. The maximum Gasteiger partial charge on any atom is 1.00 e. The molecule has 2 N–H and O–H groups in total. The minimum Gasteiger partial charge on any atom is -0.669 e. The molecule has 1 fully saturated rings. The van der Waals surface area contributed by atoms with Crippen LogP contribution < -0.4 is 78.3 Å². The summed E-state index contributed by atoms with van der Waals surface area (Å²) in [6.07, 6.45) is 0.921. The van der Waals surface area contributed by atoms with Crippen LogP contribution in [0.4, 0.5) is 0 Å². The number of aromatic nitrogens is 1. The van der Waals surface area contributed by atoms with Gasteiger partial charge in [-0.25, -0.2) is 0 Å². The van der Waals surface area contributed by atoms with E-state index >= 15 is 0 Å². The van der Waals surface area contributed by atoms with Gasteiger partial charge in [0.1, 0.15) is 11.9 Å². The third-order valence-corrected chi connectivity index (χ3v) is 4.97. The Hall–Kier alpha value is -1.31. The molecule has 152 valence electrons. The number of hydrogen-bond acceptors (Lipinski definition) is 8. The number of carboxylic acid groups (broad SMARTS) is 1. The Morgan fingerprint density at radius 3 is 2.55 bits per heavy atom. The van der Waals surface area contributed by atoms with Crippen molar-refractivity contribution in [1.29, 1.82) is 0 Å². The Bertz CT molecular complexity index is 1000. The molecule has 0 bridgehead atoms. The molecule has 1 aromatic carbocycles. The number of aromatic carboxylic acids is 1. The number of carbonyl (C=O) groups is 2. The maximum absolute atomic E-state index is 12.4. The van der Waals surface area contributed by atoms with Gasteiger partial charge in [-0.1, -0.05) is 12.4 Å². The van der Waals surface area contributed by atoms with Crippen molar-refractivity contribution >= 4 is 18.6 Å². The Kier molecular flexibility index (Phi) is 8.45. The van der Waals surface area contributed by atoms with Gasteiger partial charge in [0.25, 0.3) is 5.69 Å².